The summed E-state index contributed by atoms with van der Waals surface area (Å²) in [6.45, 7) is 2.18. The Morgan fingerprint density at radius 2 is 1.97 bits per heavy atom. The van der Waals surface area contributed by atoms with Gasteiger partial charge in [0.2, 0.25) is 0 Å². The van der Waals surface area contributed by atoms with Crippen molar-refractivity contribution in [3.63, 3.8) is 0 Å². The largest absolute Gasteiger partial charge is 0.427 e. The van der Waals surface area contributed by atoms with Gasteiger partial charge >= 0.3 is 11.9 Å². The van der Waals surface area contributed by atoms with Crippen LogP contribution >= 0.6 is 0 Å². The topological polar surface area (TPSA) is 72.8 Å². The van der Waals surface area contributed by atoms with Crippen LogP contribution in [0.1, 0.15) is 57.4 Å². The van der Waals surface area contributed by atoms with Crippen molar-refractivity contribution in [3.8, 4) is 0 Å². The number of benzene rings is 1. The number of hydrogen-bond donors (Lipinski definition) is 1. The van der Waals surface area contributed by atoms with E-state index < -0.39 is 5.41 Å². The van der Waals surface area contributed by atoms with Gasteiger partial charge in [-0.25, -0.2) is 9.59 Å². The third-order valence-electron chi connectivity index (χ3n) is 9.03. The summed E-state index contributed by atoms with van der Waals surface area (Å²) in [6.07, 6.45) is 13.2. The lowest BCUT2D eigenvalue weighted by Crippen LogP contribution is -2.50. The van der Waals surface area contributed by atoms with Crippen LogP contribution in [0.5, 0.6) is 0 Å². The first-order valence-electron chi connectivity index (χ1n) is 13.5. The summed E-state index contributed by atoms with van der Waals surface area (Å²) < 4.78 is 11.9. The van der Waals surface area contributed by atoms with Gasteiger partial charge in [-0.15, -0.1) is 0 Å². The highest BCUT2D eigenvalue weighted by molar-refractivity contribution is 5.99. The van der Waals surface area contributed by atoms with Crippen LogP contribution in [0.15, 0.2) is 76.8 Å². The third-order valence-corrected chi connectivity index (χ3v) is 9.03. The van der Waals surface area contributed by atoms with Crippen LogP contribution in [-0.2, 0) is 25.5 Å². The van der Waals surface area contributed by atoms with Crippen LogP contribution in [0.25, 0.3) is 0 Å². The van der Waals surface area contributed by atoms with Gasteiger partial charge in [0.05, 0.1) is 5.41 Å². The van der Waals surface area contributed by atoms with Crippen molar-refractivity contribution < 1.29 is 24.2 Å². The molecule has 36 heavy (non-hydrogen) atoms. The highest BCUT2D eigenvalue weighted by Gasteiger charge is 2.66. The molecular weight excluding hydrogens is 452 g/mol. The highest BCUT2D eigenvalue weighted by atomic mass is 16.5. The van der Waals surface area contributed by atoms with E-state index in [-0.39, 0.29) is 30.4 Å². The smallest absolute Gasteiger partial charge is 0.340 e. The third kappa shape index (κ3) is 3.54. The molecule has 2 fully saturated rings. The molecule has 2 heterocycles. The van der Waals surface area contributed by atoms with Crippen molar-refractivity contribution in [3.05, 3.63) is 82.4 Å². The minimum absolute atomic E-state index is 0.0274. The predicted molar refractivity (Wildman–Crippen MR) is 135 cm³/mol. The molecule has 7 rings (SSSR count). The van der Waals surface area contributed by atoms with Gasteiger partial charge in [0.1, 0.15) is 11.5 Å². The molecule has 1 aromatic rings. The minimum Gasteiger partial charge on any atom is -0.427 e. The second-order valence-electron chi connectivity index (χ2n) is 11.0. The van der Waals surface area contributed by atoms with Crippen molar-refractivity contribution in [1.82, 2.24) is 0 Å². The fraction of sp³-hybridized carbons (Fsp3) is 0.484. The van der Waals surface area contributed by atoms with Gasteiger partial charge in [-0.2, -0.15) is 0 Å². The van der Waals surface area contributed by atoms with Gasteiger partial charge in [0.15, 0.2) is 0 Å². The number of carbonyl (C=O) groups excluding carboxylic acids is 2. The Morgan fingerprint density at radius 3 is 2.75 bits per heavy atom. The lowest BCUT2D eigenvalue weighted by Gasteiger charge is -2.54. The number of cyclic esters (lactones) is 2. The first kappa shape index (κ1) is 23.5. The van der Waals surface area contributed by atoms with Crippen molar-refractivity contribution in [2.45, 2.75) is 58.3 Å². The molecule has 6 aliphatic rings. The Morgan fingerprint density at radius 1 is 1.14 bits per heavy atom. The van der Waals surface area contributed by atoms with Crippen molar-refractivity contribution >= 4 is 11.9 Å². The van der Waals surface area contributed by atoms with Crippen molar-refractivity contribution in [2.75, 3.05) is 6.61 Å². The van der Waals surface area contributed by atoms with Gasteiger partial charge in [0.25, 0.3) is 0 Å². The zero-order chi connectivity index (χ0) is 24.9. The number of aliphatic hydroxyl groups is 1. The molecule has 1 spiro atoms. The molecule has 0 aromatic heterocycles. The predicted octanol–water partition coefficient (Wildman–Crippen LogP) is 5.57. The van der Waals surface area contributed by atoms with Gasteiger partial charge in [-0.1, -0.05) is 49.8 Å². The molecule has 0 unspecified atom stereocenters. The maximum Gasteiger partial charge on any atom is 0.340 e. The number of carbonyl (C=O) groups is 2. The first-order valence-corrected chi connectivity index (χ1v) is 13.5. The van der Waals surface area contributed by atoms with Crippen LogP contribution in [0.3, 0.4) is 0 Å². The monoisotopic (exact) mass is 486 g/mol. The fourth-order valence-corrected chi connectivity index (χ4v) is 7.51. The molecule has 1 N–H and O–H groups in total. The van der Waals surface area contributed by atoms with Gasteiger partial charge in [-0.05, 0) is 80.4 Å². The lowest BCUT2D eigenvalue weighted by molar-refractivity contribution is -0.135. The van der Waals surface area contributed by atoms with Gasteiger partial charge in [-0.3, -0.25) is 0 Å². The molecule has 0 amide bonds. The molecule has 1 saturated heterocycles. The summed E-state index contributed by atoms with van der Waals surface area (Å²) in [5, 5.41) is 9.82. The quantitative estimate of drug-likeness (QED) is 0.510. The molecule has 5 heteroatoms. The second kappa shape index (κ2) is 9.19. The summed E-state index contributed by atoms with van der Waals surface area (Å²) in [5.74, 6) is 1.45. The molecular formula is C31H34O5. The fourth-order valence-electron chi connectivity index (χ4n) is 7.51. The maximum absolute atomic E-state index is 13.3. The number of aliphatic hydroxyl groups excluding tert-OH is 1. The maximum atomic E-state index is 13.3. The molecule has 2 aliphatic heterocycles. The number of rotatable bonds is 7. The van der Waals surface area contributed by atoms with E-state index in [2.05, 4.69) is 37.3 Å². The normalized spacial score (nSPS) is 33.3. The van der Waals surface area contributed by atoms with Gasteiger partial charge < -0.3 is 14.6 Å². The number of hydrogen-bond acceptors (Lipinski definition) is 5. The van der Waals surface area contributed by atoms with E-state index in [1.54, 1.807) is 0 Å². The molecule has 5 nitrogen and oxygen atoms in total. The summed E-state index contributed by atoms with van der Waals surface area (Å²) in [6, 6.07) is 10.2. The van der Waals surface area contributed by atoms with Crippen LogP contribution in [-0.4, -0.2) is 23.7 Å². The first-order chi connectivity index (χ1) is 17.6. The number of unbranched alkanes of at least 4 members (excludes halogenated alkanes) is 1. The second-order valence-corrected chi connectivity index (χ2v) is 11.0. The number of esters is 2. The van der Waals surface area contributed by atoms with Crippen molar-refractivity contribution in [2.24, 2.45) is 29.1 Å². The van der Waals surface area contributed by atoms with Gasteiger partial charge in [0, 0.05) is 29.2 Å². The number of fused-ring (bicyclic) bond motifs is 1. The standard InChI is InChI=1S/C31H34O5/c1-2-3-9-25-23-11-10-22-21-12-14-31(28(22)27(23)30(34)35-25)24(18-21)29(33)36-26(31)17-20(13-15-32)16-19-7-5-4-6-8-19/h4-9,17-18,20-22,28,32H,2-3,10-16H2,1H3/t20-,21-,22+,28+,31+/m1/s1. The SMILES string of the molecule is CCCC=C1OC(=O)C2=C1CC[C@@H]1[C@@H]2[C@@]23CC[C@@H]1C=C2C(=O)OC3=C[C@H](CCO)Cc1ccccc1. The number of allylic oxidation sites excluding steroid dienone is 5. The summed E-state index contributed by atoms with van der Waals surface area (Å²) >= 11 is 0. The van der Waals surface area contributed by atoms with Crippen LogP contribution < -0.4 is 0 Å². The van der Waals surface area contributed by atoms with E-state index >= 15 is 0 Å². The van der Waals surface area contributed by atoms with Crippen molar-refractivity contribution in [1.29, 1.82) is 0 Å². The van der Waals surface area contributed by atoms with E-state index in [0.717, 1.165) is 67.4 Å². The van der Waals surface area contributed by atoms with Crippen LogP contribution in [0, 0.1) is 29.1 Å². The summed E-state index contributed by atoms with van der Waals surface area (Å²) in [7, 11) is 0. The average molecular weight is 487 g/mol. The van der Waals surface area contributed by atoms with E-state index in [0.29, 0.717) is 24.0 Å². The average Bonchev–Trinajstić information content (AvgIpc) is 3.37. The Labute approximate surface area is 212 Å². The zero-order valence-corrected chi connectivity index (χ0v) is 20.9. The Hall–Kier alpha value is -2.92. The molecule has 2 bridgehead atoms. The van der Waals surface area contributed by atoms with E-state index in [1.165, 1.54) is 5.56 Å². The zero-order valence-electron chi connectivity index (χ0n) is 20.9. The summed E-state index contributed by atoms with van der Waals surface area (Å²) in [4.78, 5) is 26.6. The summed E-state index contributed by atoms with van der Waals surface area (Å²) in [5.41, 5.74) is 3.14. The molecule has 1 aromatic carbocycles. The molecule has 4 aliphatic carbocycles. The number of ether oxygens (including phenoxy) is 2. The highest BCUT2D eigenvalue weighted by Crippen LogP contribution is 2.68. The minimum atomic E-state index is -0.610. The molecule has 1 saturated carbocycles. The van der Waals surface area contributed by atoms with Crippen LogP contribution in [0.2, 0.25) is 0 Å². The molecule has 5 atom stereocenters. The van der Waals surface area contributed by atoms with Crippen LogP contribution in [0.4, 0.5) is 0 Å². The molecule has 0 radical (unpaired) electrons. The Bertz CT molecular complexity index is 1200. The lowest BCUT2D eigenvalue weighted by atomic mass is 9.46. The van der Waals surface area contributed by atoms with E-state index in [1.807, 2.05) is 18.2 Å². The Kier molecular flexibility index (Phi) is 5.99. The van der Waals surface area contributed by atoms with E-state index in [9.17, 15) is 14.7 Å². The molecule has 188 valence electrons. The Balaban J connectivity index is 1.45. The van der Waals surface area contributed by atoms with E-state index in [4.69, 9.17) is 9.47 Å².